The van der Waals surface area contributed by atoms with Crippen LogP contribution in [0.3, 0.4) is 0 Å². The summed E-state index contributed by atoms with van der Waals surface area (Å²) in [5.74, 6) is 0. The molecule has 0 saturated heterocycles. The summed E-state index contributed by atoms with van der Waals surface area (Å²) >= 11 is 0. The smallest absolute Gasteiger partial charge is 0.0840 e. The second-order valence-electron chi connectivity index (χ2n) is 4.91. The Hall–Kier alpha value is -0.0800. The van der Waals surface area contributed by atoms with E-state index < -0.39 is 0 Å². The van der Waals surface area contributed by atoms with Crippen molar-refractivity contribution in [1.29, 1.82) is 0 Å². The SMILES string of the molecule is CCCC(O)C(CCC)OC(C)(C)C. The standard InChI is InChI=1S/C12H26O2/c1-6-8-10(13)11(9-7-2)14-12(3,4)5/h10-11,13H,6-9H2,1-5H3. The maximum absolute atomic E-state index is 9.88. The molecule has 0 aliphatic rings. The molecule has 0 fully saturated rings. The van der Waals surface area contributed by atoms with Gasteiger partial charge in [0.05, 0.1) is 17.8 Å². The van der Waals surface area contributed by atoms with Gasteiger partial charge < -0.3 is 9.84 Å². The molecule has 2 unspecified atom stereocenters. The highest BCUT2D eigenvalue weighted by atomic mass is 16.5. The Morgan fingerprint density at radius 1 is 1.07 bits per heavy atom. The van der Waals surface area contributed by atoms with Gasteiger partial charge in [0.15, 0.2) is 0 Å². The van der Waals surface area contributed by atoms with Crippen LogP contribution in [0.2, 0.25) is 0 Å². The average Bonchev–Trinajstić information content (AvgIpc) is 2.01. The van der Waals surface area contributed by atoms with Gasteiger partial charge in [-0.1, -0.05) is 26.7 Å². The molecule has 0 aliphatic heterocycles. The Morgan fingerprint density at radius 3 is 1.93 bits per heavy atom. The van der Waals surface area contributed by atoms with Crippen LogP contribution in [0.15, 0.2) is 0 Å². The van der Waals surface area contributed by atoms with E-state index in [1.807, 2.05) is 20.8 Å². The molecule has 0 spiro atoms. The van der Waals surface area contributed by atoms with Crippen molar-refractivity contribution in [2.24, 2.45) is 0 Å². The fourth-order valence-electron chi connectivity index (χ4n) is 1.55. The zero-order valence-electron chi connectivity index (χ0n) is 10.3. The predicted octanol–water partition coefficient (Wildman–Crippen LogP) is 3.13. The minimum Gasteiger partial charge on any atom is -0.390 e. The van der Waals surface area contributed by atoms with Crippen molar-refractivity contribution in [3.8, 4) is 0 Å². The molecule has 14 heavy (non-hydrogen) atoms. The van der Waals surface area contributed by atoms with E-state index in [4.69, 9.17) is 4.74 Å². The van der Waals surface area contributed by atoms with Gasteiger partial charge in [-0.2, -0.15) is 0 Å². The summed E-state index contributed by atoms with van der Waals surface area (Å²) in [4.78, 5) is 0. The molecule has 0 heterocycles. The lowest BCUT2D eigenvalue weighted by molar-refractivity contribution is -0.115. The van der Waals surface area contributed by atoms with Gasteiger partial charge in [0, 0.05) is 0 Å². The summed E-state index contributed by atoms with van der Waals surface area (Å²) in [6, 6.07) is 0. The van der Waals surface area contributed by atoms with Gasteiger partial charge in [0.2, 0.25) is 0 Å². The topological polar surface area (TPSA) is 29.5 Å². The molecule has 0 aliphatic carbocycles. The number of hydrogen-bond donors (Lipinski definition) is 1. The second kappa shape index (κ2) is 6.41. The summed E-state index contributed by atoms with van der Waals surface area (Å²) in [6.07, 6.45) is 3.54. The number of aliphatic hydroxyl groups excluding tert-OH is 1. The molecule has 1 N–H and O–H groups in total. The largest absolute Gasteiger partial charge is 0.390 e. The van der Waals surface area contributed by atoms with Crippen LogP contribution in [0.25, 0.3) is 0 Å². The number of ether oxygens (including phenoxy) is 1. The van der Waals surface area contributed by atoms with E-state index >= 15 is 0 Å². The fraction of sp³-hybridized carbons (Fsp3) is 1.00. The van der Waals surface area contributed by atoms with Crippen molar-refractivity contribution in [2.75, 3.05) is 0 Å². The normalized spacial score (nSPS) is 16.7. The number of rotatable bonds is 6. The summed E-state index contributed by atoms with van der Waals surface area (Å²) in [5, 5.41) is 9.88. The Balaban J connectivity index is 4.13. The lowest BCUT2D eigenvalue weighted by Crippen LogP contribution is -2.36. The zero-order chi connectivity index (χ0) is 11.2. The van der Waals surface area contributed by atoms with Gasteiger partial charge in [0.25, 0.3) is 0 Å². The van der Waals surface area contributed by atoms with E-state index in [-0.39, 0.29) is 17.8 Å². The minimum atomic E-state index is -0.306. The van der Waals surface area contributed by atoms with E-state index in [1.54, 1.807) is 0 Å². The molecule has 0 aromatic rings. The Bertz CT molecular complexity index is 138. The Labute approximate surface area is 88.7 Å². The second-order valence-corrected chi connectivity index (χ2v) is 4.91. The minimum absolute atomic E-state index is 0.0000463. The molecule has 0 saturated carbocycles. The van der Waals surface area contributed by atoms with E-state index in [0.717, 1.165) is 25.7 Å². The van der Waals surface area contributed by atoms with Gasteiger partial charge in [-0.25, -0.2) is 0 Å². The molecule has 0 rings (SSSR count). The molecule has 0 radical (unpaired) electrons. The molecule has 86 valence electrons. The highest BCUT2D eigenvalue weighted by molar-refractivity contribution is 4.72. The highest BCUT2D eigenvalue weighted by Crippen LogP contribution is 2.19. The molecule has 2 heteroatoms. The van der Waals surface area contributed by atoms with Crippen molar-refractivity contribution in [1.82, 2.24) is 0 Å². The van der Waals surface area contributed by atoms with E-state index in [9.17, 15) is 5.11 Å². The van der Waals surface area contributed by atoms with Crippen LogP contribution in [-0.2, 0) is 4.74 Å². The first-order chi connectivity index (χ1) is 6.40. The average molecular weight is 202 g/mol. The van der Waals surface area contributed by atoms with Crippen LogP contribution < -0.4 is 0 Å². The van der Waals surface area contributed by atoms with Crippen LogP contribution in [0, 0.1) is 0 Å². The first-order valence-electron chi connectivity index (χ1n) is 5.76. The molecular weight excluding hydrogens is 176 g/mol. The third-order valence-electron chi connectivity index (χ3n) is 2.09. The molecular formula is C12H26O2. The first-order valence-corrected chi connectivity index (χ1v) is 5.76. The third kappa shape index (κ3) is 6.39. The van der Waals surface area contributed by atoms with Crippen LogP contribution in [0.5, 0.6) is 0 Å². The van der Waals surface area contributed by atoms with Crippen molar-refractivity contribution in [2.45, 2.75) is 78.1 Å². The van der Waals surface area contributed by atoms with Crippen LogP contribution in [-0.4, -0.2) is 22.9 Å². The maximum atomic E-state index is 9.88. The predicted molar refractivity (Wildman–Crippen MR) is 60.4 cm³/mol. The van der Waals surface area contributed by atoms with Gasteiger partial charge >= 0.3 is 0 Å². The van der Waals surface area contributed by atoms with Gasteiger partial charge in [-0.3, -0.25) is 0 Å². The fourth-order valence-corrected chi connectivity index (χ4v) is 1.55. The van der Waals surface area contributed by atoms with E-state index in [1.165, 1.54) is 0 Å². The summed E-state index contributed by atoms with van der Waals surface area (Å²) in [6.45, 7) is 10.3. The molecule has 0 amide bonds. The summed E-state index contributed by atoms with van der Waals surface area (Å²) in [5.41, 5.74) is -0.158. The molecule has 2 nitrogen and oxygen atoms in total. The third-order valence-corrected chi connectivity index (χ3v) is 2.09. The molecule has 2 atom stereocenters. The van der Waals surface area contributed by atoms with Crippen molar-refractivity contribution < 1.29 is 9.84 Å². The van der Waals surface area contributed by atoms with Crippen LogP contribution in [0.4, 0.5) is 0 Å². The van der Waals surface area contributed by atoms with Gasteiger partial charge in [-0.05, 0) is 33.6 Å². The van der Waals surface area contributed by atoms with Crippen LogP contribution >= 0.6 is 0 Å². The van der Waals surface area contributed by atoms with Gasteiger partial charge in [0.1, 0.15) is 0 Å². The zero-order valence-corrected chi connectivity index (χ0v) is 10.3. The summed E-state index contributed by atoms with van der Waals surface area (Å²) in [7, 11) is 0. The van der Waals surface area contributed by atoms with Crippen molar-refractivity contribution in [3.05, 3.63) is 0 Å². The Kier molecular flexibility index (Phi) is 6.38. The monoisotopic (exact) mass is 202 g/mol. The Morgan fingerprint density at radius 2 is 1.57 bits per heavy atom. The molecule has 0 aromatic carbocycles. The van der Waals surface area contributed by atoms with Gasteiger partial charge in [-0.15, -0.1) is 0 Å². The molecule has 0 aromatic heterocycles. The molecule has 0 bridgehead atoms. The quantitative estimate of drug-likeness (QED) is 0.717. The van der Waals surface area contributed by atoms with E-state index in [0.29, 0.717) is 0 Å². The van der Waals surface area contributed by atoms with Crippen molar-refractivity contribution >= 4 is 0 Å². The lowest BCUT2D eigenvalue weighted by Gasteiger charge is -2.30. The van der Waals surface area contributed by atoms with E-state index in [2.05, 4.69) is 13.8 Å². The maximum Gasteiger partial charge on any atom is 0.0840 e. The van der Waals surface area contributed by atoms with Crippen LogP contribution in [0.1, 0.15) is 60.3 Å². The first kappa shape index (κ1) is 13.9. The van der Waals surface area contributed by atoms with Crippen molar-refractivity contribution in [3.63, 3.8) is 0 Å². The highest BCUT2D eigenvalue weighted by Gasteiger charge is 2.23. The number of aliphatic hydroxyl groups is 1. The lowest BCUT2D eigenvalue weighted by atomic mass is 10.0. The summed E-state index contributed by atoms with van der Waals surface area (Å²) < 4.78 is 5.84. The number of hydrogen-bond acceptors (Lipinski definition) is 2.